The van der Waals surface area contributed by atoms with Crippen LogP contribution in [0.3, 0.4) is 0 Å². The molecule has 0 amide bonds. The normalized spacial score (nSPS) is 11.5. The van der Waals surface area contributed by atoms with Crippen LogP contribution in [0, 0.1) is 0 Å². The molecule has 0 saturated carbocycles. The van der Waals surface area contributed by atoms with Crippen molar-refractivity contribution in [3.8, 4) is 0 Å². The first-order valence-electron chi connectivity index (χ1n) is 8.17. The first kappa shape index (κ1) is 15.8. The summed E-state index contributed by atoms with van der Waals surface area (Å²) in [7, 11) is 0. The van der Waals surface area contributed by atoms with Gasteiger partial charge in [-0.3, -0.25) is 0 Å². The third-order valence-corrected chi connectivity index (χ3v) is 4.25. The van der Waals surface area contributed by atoms with Crippen LogP contribution in [0.2, 0.25) is 0 Å². The van der Waals surface area contributed by atoms with Crippen LogP contribution < -0.4 is 5.73 Å². The minimum Gasteiger partial charge on any atom is -0.318 e. The Kier molecular flexibility index (Phi) is 6.01. The van der Waals surface area contributed by atoms with E-state index in [4.69, 9.17) is 5.73 Å². The number of hydrogen-bond donors (Lipinski definition) is 1. The summed E-state index contributed by atoms with van der Waals surface area (Å²) < 4.78 is 0. The third-order valence-electron chi connectivity index (χ3n) is 4.25. The summed E-state index contributed by atoms with van der Waals surface area (Å²) in [6, 6.07) is 21.0. The van der Waals surface area contributed by atoms with E-state index in [0.717, 1.165) is 6.42 Å². The minimum absolute atomic E-state index is 0.366. The van der Waals surface area contributed by atoms with Gasteiger partial charge in [0.25, 0.3) is 0 Å². The predicted octanol–water partition coefficient (Wildman–Crippen LogP) is 5.25. The molecule has 0 fully saturated rings. The van der Waals surface area contributed by atoms with Gasteiger partial charge in [0.05, 0.1) is 5.54 Å². The minimum atomic E-state index is -0.366. The van der Waals surface area contributed by atoms with Crippen molar-refractivity contribution in [2.45, 2.75) is 51.0 Å². The van der Waals surface area contributed by atoms with Crippen molar-refractivity contribution in [2.75, 3.05) is 0 Å². The van der Waals surface area contributed by atoms with Gasteiger partial charge in [0, 0.05) is 0 Å². The Hall–Kier alpha value is -1.60. The quantitative estimate of drug-likeness (QED) is 0.657. The lowest BCUT2D eigenvalue weighted by Crippen LogP contribution is -2.37. The highest BCUT2D eigenvalue weighted by Crippen LogP contribution is 2.32. The van der Waals surface area contributed by atoms with E-state index in [-0.39, 0.29) is 5.54 Å². The van der Waals surface area contributed by atoms with Gasteiger partial charge in [-0.1, -0.05) is 99.7 Å². The Morgan fingerprint density at radius 1 is 0.714 bits per heavy atom. The average Bonchev–Trinajstić information content (AvgIpc) is 2.56. The fourth-order valence-electron chi connectivity index (χ4n) is 2.93. The zero-order chi connectivity index (χ0) is 15.0. The Bertz CT molecular complexity index is 464. The van der Waals surface area contributed by atoms with Gasteiger partial charge in [0.1, 0.15) is 0 Å². The maximum atomic E-state index is 6.86. The second-order valence-electron chi connectivity index (χ2n) is 5.87. The van der Waals surface area contributed by atoms with Crippen molar-refractivity contribution in [1.82, 2.24) is 0 Å². The summed E-state index contributed by atoms with van der Waals surface area (Å²) in [5.74, 6) is 0. The molecule has 0 aliphatic carbocycles. The van der Waals surface area contributed by atoms with E-state index < -0.39 is 0 Å². The summed E-state index contributed by atoms with van der Waals surface area (Å²) in [6.07, 6.45) is 7.38. The smallest absolute Gasteiger partial charge is 0.0665 e. The molecule has 1 nitrogen and oxygen atoms in total. The number of rotatable bonds is 8. The second-order valence-corrected chi connectivity index (χ2v) is 5.87. The van der Waals surface area contributed by atoms with Crippen LogP contribution in [0.4, 0.5) is 0 Å². The zero-order valence-electron chi connectivity index (χ0n) is 13.1. The third kappa shape index (κ3) is 4.18. The fraction of sp³-hybridized carbons (Fsp3) is 0.400. The monoisotopic (exact) mass is 281 g/mol. The summed E-state index contributed by atoms with van der Waals surface area (Å²) in [4.78, 5) is 0. The molecule has 2 rings (SSSR count). The first-order valence-corrected chi connectivity index (χ1v) is 8.17. The molecular formula is C20H27N. The molecule has 0 heterocycles. The van der Waals surface area contributed by atoms with Crippen LogP contribution in [0.15, 0.2) is 60.7 Å². The number of unbranched alkanes of at least 4 members (excludes halogenated alkanes) is 4. The number of benzene rings is 2. The molecule has 1 heteroatoms. The summed E-state index contributed by atoms with van der Waals surface area (Å²) in [6.45, 7) is 2.25. The highest BCUT2D eigenvalue weighted by atomic mass is 14.7. The van der Waals surface area contributed by atoms with Crippen molar-refractivity contribution in [3.63, 3.8) is 0 Å². The Morgan fingerprint density at radius 2 is 1.19 bits per heavy atom. The van der Waals surface area contributed by atoms with Crippen molar-refractivity contribution in [1.29, 1.82) is 0 Å². The molecule has 0 saturated heterocycles. The summed E-state index contributed by atoms with van der Waals surface area (Å²) in [5, 5.41) is 0. The molecule has 21 heavy (non-hydrogen) atoms. The Balaban J connectivity index is 2.15. The first-order chi connectivity index (χ1) is 10.3. The van der Waals surface area contributed by atoms with Crippen LogP contribution in [-0.4, -0.2) is 0 Å². The number of nitrogens with two attached hydrogens (primary N) is 1. The standard InChI is InChI=1S/C20H27N/c1-2-3-4-5-12-17-20(21,18-13-8-6-9-14-18)19-15-10-7-11-16-19/h6-11,13-16H,2-5,12,17,21H2,1H3. The van der Waals surface area contributed by atoms with Gasteiger partial charge >= 0.3 is 0 Å². The summed E-state index contributed by atoms with van der Waals surface area (Å²) >= 11 is 0. The second kappa shape index (κ2) is 7.99. The van der Waals surface area contributed by atoms with E-state index in [1.54, 1.807) is 0 Å². The van der Waals surface area contributed by atoms with Crippen LogP contribution in [-0.2, 0) is 5.54 Å². The molecular weight excluding hydrogens is 254 g/mol. The van der Waals surface area contributed by atoms with Crippen LogP contribution in [0.5, 0.6) is 0 Å². The Labute approximate surface area is 129 Å². The van der Waals surface area contributed by atoms with E-state index in [1.165, 1.54) is 43.2 Å². The van der Waals surface area contributed by atoms with E-state index >= 15 is 0 Å². The SMILES string of the molecule is CCCCCCCC(N)(c1ccccc1)c1ccccc1. The fourth-order valence-corrected chi connectivity index (χ4v) is 2.93. The van der Waals surface area contributed by atoms with E-state index in [2.05, 4.69) is 67.6 Å². The van der Waals surface area contributed by atoms with Gasteiger partial charge in [0.15, 0.2) is 0 Å². The van der Waals surface area contributed by atoms with Gasteiger partial charge in [-0.05, 0) is 17.5 Å². The highest BCUT2D eigenvalue weighted by Gasteiger charge is 2.28. The highest BCUT2D eigenvalue weighted by molar-refractivity contribution is 5.37. The lowest BCUT2D eigenvalue weighted by Gasteiger charge is -2.31. The van der Waals surface area contributed by atoms with Gasteiger partial charge in [-0.15, -0.1) is 0 Å². The van der Waals surface area contributed by atoms with Crippen molar-refractivity contribution in [2.24, 2.45) is 5.73 Å². The van der Waals surface area contributed by atoms with Gasteiger partial charge < -0.3 is 5.73 Å². The molecule has 0 spiro atoms. The molecule has 0 radical (unpaired) electrons. The van der Waals surface area contributed by atoms with Gasteiger partial charge in [-0.2, -0.15) is 0 Å². The van der Waals surface area contributed by atoms with Crippen molar-refractivity contribution >= 4 is 0 Å². The van der Waals surface area contributed by atoms with Crippen LogP contribution in [0.25, 0.3) is 0 Å². The topological polar surface area (TPSA) is 26.0 Å². The summed E-state index contributed by atoms with van der Waals surface area (Å²) in [5.41, 5.74) is 8.92. The molecule has 0 unspecified atom stereocenters. The largest absolute Gasteiger partial charge is 0.318 e. The average molecular weight is 281 g/mol. The van der Waals surface area contributed by atoms with E-state index in [9.17, 15) is 0 Å². The molecule has 2 N–H and O–H groups in total. The number of hydrogen-bond acceptors (Lipinski definition) is 1. The lowest BCUT2D eigenvalue weighted by atomic mass is 9.79. The van der Waals surface area contributed by atoms with Gasteiger partial charge in [0.2, 0.25) is 0 Å². The lowest BCUT2D eigenvalue weighted by molar-refractivity contribution is 0.454. The van der Waals surface area contributed by atoms with Crippen LogP contribution in [0.1, 0.15) is 56.6 Å². The molecule has 0 atom stereocenters. The predicted molar refractivity (Wildman–Crippen MR) is 91.2 cm³/mol. The Morgan fingerprint density at radius 3 is 1.67 bits per heavy atom. The maximum Gasteiger partial charge on any atom is 0.0665 e. The van der Waals surface area contributed by atoms with E-state index in [0.29, 0.717) is 0 Å². The molecule has 112 valence electrons. The van der Waals surface area contributed by atoms with E-state index in [1.807, 2.05) is 0 Å². The maximum absolute atomic E-state index is 6.86. The molecule has 0 aliphatic rings. The van der Waals surface area contributed by atoms with Gasteiger partial charge in [-0.25, -0.2) is 0 Å². The van der Waals surface area contributed by atoms with Crippen molar-refractivity contribution in [3.05, 3.63) is 71.8 Å². The molecule has 0 aliphatic heterocycles. The molecule has 0 bridgehead atoms. The molecule has 0 aromatic heterocycles. The van der Waals surface area contributed by atoms with Crippen molar-refractivity contribution < 1.29 is 0 Å². The molecule has 2 aromatic rings. The van der Waals surface area contributed by atoms with Crippen LogP contribution >= 0.6 is 0 Å². The molecule has 2 aromatic carbocycles. The zero-order valence-corrected chi connectivity index (χ0v) is 13.1.